The zero-order valence-corrected chi connectivity index (χ0v) is 12.0. The van der Waals surface area contributed by atoms with Crippen molar-refractivity contribution in [2.75, 3.05) is 12.3 Å². The van der Waals surface area contributed by atoms with Crippen LogP contribution in [0, 0.1) is 0 Å². The monoisotopic (exact) mass is 284 g/mol. The van der Waals surface area contributed by atoms with E-state index < -0.39 is 0 Å². The van der Waals surface area contributed by atoms with Gasteiger partial charge >= 0.3 is 0 Å². The van der Waals surface area contributed by atoms with Crippen LogP contribution in [0.1, 0.15) is 35.8 Å². The first-order valence-electron chi connectivity index (χ1n) is 6.25. The average molecular weight is 285 g/mol. The van der Waals surface area contributed by atoms with Gasteiger partial charge in [-0.1, -0.05) is 18.5 Å². The van der Waals surface area contributed by atoms with E-state index in [-0.39, 0.29) is 5.91 Å². The summed E-state index contributed by atoms with van der Waals surface area (Å²) in [6.07, 6.45) is 3.23. The molecule has 98 valence electrons. The Morgan fingerprint density at radius 1 is 1.61 bits per heavy atom. The summed E-state index contributed by atoms with van der Waals surface area (Å²) in [4.78, 5) is 16.2. The van der Waals surface area contributed by atoms with Gasteiger partial charge in [0.1, 0.15) is 5.15 Å². The average Bonchev–Trinajstić information content (AvgIpc) is 2.88. The van der Waals surface area contributed by atoms with E-state index in [9.17, 15) is 4.79 Å². The second-order valence-corrected chi connectivity index (χ2v) is 6.16. The van der Waals surface area contributed by atoms with Crippen molar-refractivity contribution in [1.82, 2.24) is 10.3 Å². The van der Waals surface area contributed by atoms with Crippen molar-refractivity contribution in [3.05, 3.63) is 28.5 Å². The van der Waals surface area contributed by atoms with Crippen molar-refractivity contribution >= 4 is 29.3 Å². The number of rotatable bonds is 4. The third-order valence-corrected chi connectivity index (χ3v) is 4.58. The number of pyridine rings is 1. The van der Waals surface area contributed by atoms with Crippen molar-refractivity contribution in [1.29, 1.82) is 0 Å². The number of carbonyl (C=O) groups is 1. The number of halogens is 1. The van der Waals surface area contributed by atoms with Gasteiger partial charge in [-0.2, -0.15) is 11.8 Å². The van der Waals surface area contributed by atoms with Crippen LogP contribution in [-0.4, -0.2) is 28.4 Å². The third-order valence-electron chi connectivity index (χ3n) is 2.99. The Morgan fingerprint density at radius 3 is 3.11 bits per heavy atom. The standard InChI is InChI=1S/C13H17ClN2OS/c1-2-10-6-9(7-12(14)16-10)13(17)15-8-11-4-3-5-18-11/h6-7,11H,2-5,8H2,1H3,(H,15,17). The minimum absolute atomic E-state index is 0.0542. The molecule has 0 bridgehead atoms. The molecule has 2 rings (SSSR count). The molecule has 1 amide bonds. The second-order valence-electron chi connectivity index (χ2n) is 4.37. The highest BCUT2D eigenvalue weighted by Gasteiger charge is 2.17. The second kappa shape index (κ2) is 6.43. The predicted octanol–water partition coefficient (Wildman–Crippen LogP) is 2.92. The SMILES string of the molecule is CCc1cc(C(=O)NCC2CCCS2)cc(Cl)n1. The van der Waals surface area contributed by atoms with Crippen LogP contribution in [0.2, 0.25) is 5.15 Å². The van der Waals surface area contributed by atoms with Crippen molar-refractivity contribution in [3.63, 3.8) is 0 Å². The molecule has 2 heterocycles. The number of aryl methyl sites for hydroxylation is 1. The lowest BCUT2D eigenvalue weighted by Gasteiger charge is -2.10. The fourth-order valence-electron chi connectivity index (χ4n) is 1.98. The van der Waals surface area contributed by atoms with E-state index in [0.717, 1.165) is 18.7 Å². The minimum atomic E-state index is -0.0542. The van der Waals surface area contributed by atoms with Crippen molar-refractivity contribution in [3.8, 4) is 0 Å². The van der Waals surface area contributed by atoms with Gasteiger partial charge in [0.05, 0.1) is 0 Å². The molecule has 1 aliphatic heterocycles. The first-order chi connectivity index (χ1) is 8.69. The van der Waals surface area contributed by atoms with Crippen molar-refractivity contribution in [2.24, 2.45) is 0 Å². The number of hydrogen-bond donors (Lipinski definition) is 1. The zero-order valence-electron chi connectivity index (χ0n) is 10.4. The highest BCUT2D eigenvalue weighted by molar-refractivity contribution is 8.00. The first-order valence-corrected chi connectivity index (χ1v) is 7.68. The number of nitrogens with one attached hydrogen (secondary N) is 1. The van der Waals surface area contributed by atoms with Crippen LogP contribution in [0.4, 0.5) is 0 Å². The van der Waals surface area contributed by atoms with E-state index in [4.69, 9.17) is 11.6 Å². The van der Waals surface area contributed by atoms with E-state index in [1.165, 1.54) is 18.6 Å². The molecule has 3 nitrogen and oxygen atoms in total. The predicted molar refractivity (Wildman–Crippen MR) is 76.4 cm³/mol. The lowest BCUT2D eigenvalue weighted by Crippen LogP contribution is -2.29. The Balaban J connectivity index is 1.97. The largest absolute Gasteiger partial charge is 0.351 e. The van der Waals surface area contributed by atoms with Gasteiger partial charge in [-0.3, -0.25) is 4.79 Å². The quantitative estimate of drug-likeness (QED) is 0.865. The summed E-state index contributed by atoms with van der Waals surface area (Å²) in [6.45, 7) is 2.74. The van der Waals surface area contributed by atoms with Crippen LogP contribution < -0.4 is 5.32 Å². The van der Waals surface area contributed by atoms with Gasteiger partial charge in [0, 0.05) is 23.1 Å². The van der Waals surface area contributed by atoms with E-state index in [0.29, 0.717) is 16.0 Å². The van der Waals surface area contributed by atoms with Gasteiger partial charge in [0.2, 0.25) is 0 Å². The maximum atomic E-state index is 12.0. The summed E-state index contributed by atoms with van der Waals surface area (Å²) in [7, 11) is 0. The smallest absolute Gasteiger partial charge is 0.251 e. The fraction of sp³-hybridized carbons (Fsp3) is 0.538. The zero-order chi connectivity index (χ0) is 13.0. The molecule has 0 saturated carbocycles. The summed E-state index contributed by atoms with van der Waals surface area (Å²) in [5.74, 6) is 1.16. The topological polar surface area (TPSA) is 42.0 Å². The number of thioether (sulfide) groups is 1. The Hall–Kier alpha value is -0.740. The molecule has 5 heteroatoms. The van der Waals surface area contributed by atoms with Crippen LogP contribution in [0.15, 0.2) is 12.1 Å². The third kappa shape index (κ3) is 3.62. The van der Waals surface area contributed by atoms with Crippen LogP contribution in [0.5, 0.6) is 0 Å². The molecule has 1 N–H and O–H groups in total. The summed E-state index contributed by atoms with van der Waals surface area (Å²) in [5, 5.41) is 3.92. The molecule has 0 aliphatic carbocycles. The normalized spacial score (nSPS) is 18.9. The van der Waals surface area contributed by atoms with Gasteiger partial charge < -0.3 is 5.32 Å². The Labute approximate surface area is 117 Å². The van der Waals surface area contributed by atoms with E-state index in [1.54, 1.807) is 6.07 Å². The minimum Gasteiger partial charge on any atom is -0.351 e. The molecule has 1 fully saturated rings. The van der Waals surface area contributed by atoms with Gasteiger partial charge in [0.25, 0.3) is 5.91 Å². The molecular weight excluding hydrogens is 268 g/mol. The number of aromatic nitrogens is 1. The summed E-state index contributed by atoms with van der Waals surface area (Å²) >= 11 is 7.84. The van der Waals surface area contributed by atoms with Gasteiger partial charge in [-0.15, -0.1) is 0 Å². The number of hydrogen-bond acceptors (Lipinski definition) is 3. The Bertz CT molecular complexity index is 433. The first kappa shape index (κ1) is 13.7. The fourth-order valence-corrected chi connectivity index (χ4v) is 3.40. The number of carbonyl (C=O) groups excluding carboxylic acids is 1. The van der Waals surface area contributed by atoms with Crippen molar-refractivity contribution in [2.45, 2.75) is 31.4 Å². The van der Waals surface area contributed by atoms with Gasteiger partial charge in [0.15, 0.2) is 0 Å². The van der Waals surface area contributed by atoms with Gasteiger partial charge in [-0.05, 0) is 37.1 Å². The number of amides is 1. The van der Waals surface area contributed by atoms with E-state index in [2.05, 4.69) is 10.3 Å². The molecule has 1 atom stereocenters. The lowest BCUT2D eigenvalue weighted by atomic mass is 10.2. The molecule has 0 aromatic carbocycles. The summed E-state index contributed by atoms with van der Waals surface area (Å²) < 4.78 is 0. The molecule has 1 saturated heterocycles. The van der Waals surface area contributed by atoms with Crippen LogP contribution in [-0.2, 0) is 6.42 Å². The molecular formula is C13H17ClN2OS. The molecule has 1 aromatic rings. The molecule has 1 aromatic heterocycles. The highest BCUT2D eigenvalue weighted by Crippen LogP contribution is 2.25. The Kier molecular flexibility index (Phi) is 4.89. The maximum Gasteiger partial charge on any atom is 0.251 e. The molecule has 1 unspecified atom stereocenters. The van der Waals surface area contributed by atoms with Crippen molar-refractivity contribution < 1.29 is 4.79 Å². The van der Waals surface area contributed by atoms with E-state index >= 15 is 0 Å². The van der Waals surface area contributed by atoms with Crippen LogP contribution in [0.3, 0.4) is 0 Å². The number of nitrogens with zero attached hydrogens (tertiary/aromatic N) is 1. The molecule has 0 radical (unpaired) electrons. The summed E-state index contributed by atoms with van der Waals surface area (Å²) in [6, 6.07) is 3.43. The van der Waals surface area contributed by atoms with Gasteiger partial charge in [-0.25, -0.2) is 4.98 Å². The molecule has 18 heavy (non-hydrogen) atoms. The summed E-state index contributed by atoms with van der Waals surface area (Å²) in [5.41, 5.74) is 1.46. The molecule has 0 spiro atoms. The van der Waals surface area contributed by atoms with Crippen LogP contribution in [0.25, 0.3) is 0 Å². The van der Waals surface area contributed by atoms with Crippen LogP contribution >= 0.6 is 23.4 Å². The lowest BCUT2D eigenvalue weighted by molar-refractivity contribution is 0.0953. The maximum absolute atomic E-state index is 12.0. The highest BCUT2D eigenvalue weighted by atomic mass is 35.5. The van der Waals surface area contributed by atoms with E-state index in [1.807, 2.05) is 24.8 Å². The Morgan fingerprint density at radius 2 is 2.44 bits per heavy atom. The molecule has 1 aliphatic rings.